The number of nitrogens with zero attached hydrogens (tertiary/aromatic N) is 1. The Labute approximate surface area is 253 Å². The minimum atomic E-state index is -0.473. The van der Waals surface area contributed by atoms with Crippen LogP contribution in [0.3, 0.4) is 0 Å². The Morgan fingerprint density at radius 1 is 0.767 bits per heavy atom. The van der Waals surface area contributed by atoms with Crippen LogP contribution in [0, 0.1) is 6.92 Å². The number of ether oxygens (including phenoxy) is 3. The van der Waals surface area contributed by atoms with E-state index >= 15 is 0 Å². The van der Waals surface area contributed by atoms with Gasteiger partial charge in [0, 0.05) is 16.6 Å². The highest BCUT2D eigenvalue weighted by atomic mass is 32.2. The van der Waals surface area contributed by atoms with Gasteiger partial charge >= 0.3 is 0 Å². The van der Waals surface area contributed by atoms with Crippen molar-refractivity contribution >= 4 is 46.5 Å². The molecular formula is C33H29N3O6S. The van der Waals surface area contributed by atoms with Crippen LogP contribution in [-0.2, 0) is 9.59 Å². The van der Waals surface area contributed by atoms with Gasteiger partial charge in [0.15, 0.2) is 0 Å². The zero-order valence-electron chi connectivity index (χ0n) is 24.0. The molecule has 5 rings (SSSR count). The third-order valence-electron chi connectivity index (χ3n) is 6.66. The Balaban J connectivity index is 1.42. The molecule has 0 bridgehead atoms. The lowest BCUT2D eigenvalue weighted by Gasteiger charge is -2.16. The zero-order chi connectivity index (χ0) is 30.5. The van der Waals surface area contributed by atoms with E-state index in [-0.39, 0.29) is 16.5 Å². The third kappa shape index (κ3) is 6.19. The largest absolute Gasteiger partial charge is 0.497 e. The van der Waals surface area contributed by atoms with Gasteiger partial charge in [0.2, 0.25) is 0 Å². The standard InChI is InChI=1S/C33H29N3O6S/c1-20-10-17-27(41-3)26(18-20)35-29-30(33(39)36(32(29)38)22-8-6-5-7-9-22)43-24-14-11-21(12-15-24)34-31(37)25-16-13-23(40-2)19-28(25)42-4/h5-19,35H,1-4H3,(H,34,37). The summed E-state index contributed by atoms with van der Waals surface area (Å²) in [5, 5.41) is 6.03. The number of aryl methyl sites for hydroxylation is 1. The first kappa shape index (κ1) is 29.3. The number of carbonyl (C=O) groups is 3. The van der Waals surface area contributed by atoms with Crippen molar-refractivity contribution in [2.24, 2.45) is 0 Å². The fourth-order valence-corrected chi connectivity index (χ4v) is 5.42. The fraction of sp³-hybridized carbons (Fsp3) is 0.121. The molecular weight excluding hydrogens is 566 g/mol. The van der Waals surface area contributed by atoms with Gasteiger partial charge in [0.1, 0.15) is 27.9 Å². The molecule has 1 heterocycles. The molecule has 1 aliphatic rings. The summed E-state index contributed by atoms with van der Waals surface area (Å²) in [5.74, 6) is 0.225. The van der Waals surface area contributed by atoms with E-state index in [1.165, 1.54) is 14.2 Å². The molecule has 4 aromatic rings. The topological polar surface area (TPSA) is 106 Å². The van der Waals surface area contributed by atoms with E-state index in [9.17, 15) is 14.4 Å². The fourth-order valence-electron chi connectivity index (χ4n) is 4.49. The number of benzene rings is 4. The number of carbonyl (C=O) groups excluding carboxylic acids is 3. The predicted octanol–water partition coefficient (Wildman–Crippen LogP) is 6.26. The Hall–Kier alpha value is -5.22. The maximum Gasteiger partial charge on any atom is 0.283 e. The number of nitrogens with one attached hydrogen (secondary N) is 2. The minimum Gasteiger partial charge on any atom is -0.497 e. The van der Waals surface area contributed by atoms with Crippen molar-refractivity contribution in [2.75, 3.05) is 36.9 Å². The number of hydrogen-bond donors (Lipinski definition) is 2. The molecule has 0 unspecified atom stereocenters. The van der Waals surface area contributed by atoms with Crippen LogP contribution in [0.15, 0.2) is 106 Å². The van der Waals surface area contributed by atoms with Crippen molar-refractivity contribution in [1.82, 2.24) is 0 Å². The summed E-state index contributed by atoms with van der Waals surface area (Å²) in [5.41, 5.74) is 3.04. The number of amides is 3. The van der Waals surface area contributed by atoms with Gasteiger partial charge in [-0.2, -0.15) is 0 Å². The van der Waals surface area contributed by atoms with E-state index in [0.717, 1.165) is 22.2 Å². The molecule has 0 aliphatic carbocycles. The lowest BCUT2D eigenvalue weighted by Crippen LogP contribution is -2.32. The molecule has 0 radical (unpaired) electrons. The molecule has 0 saturated carbocycles. The molecule has 4 aromatic carbocycles. The summed E-state index contributed by atoms with van der Waals surface area (Å²) >= 11 is 1.16. The van der Waals surface area contributed by atoms with Gasteiger partial charge in [-0.1, -0.05) is 36.0 Å². The van der Waals surface area contributed by atoms with Crippen molar-refractivity contribution in [1.29, 1.82) is 0 Å². The Bertz CT molecular complexity index is 1720. The Morgan fingerprint density at radius 2 is 1.49 bits per heavy atom. The summed E-state index contributed by atoms with van der Waals surface area (Å²) < 4.78 is 16.0. The molecule has 0 spiro atoms. The lowest BCUT2D eigenvalue weighted by atomic mass is 10.1. The molecule has 43 heavy (non-hydrogen) atoms. The van der Waals surface area contributed by atoms with Crippen molar-refractivity contribution in [2.45, 2.75) is 11.8 Å². The van der Waals surface area contributed by atoms with Gasteiger partial charge in [-0.15, -0.1) is 0 Å². The van der Waals surface area contributed by atoms with E-state index < -0.39 is 11.8 Å². The smallest absolute Gasteiger partial charge is 0.283 e. The number of methoxy groups -OCH3 is 3. The first-order valence-electron chi connectivity index (χ1n) is 13.2. The average molecular weight is 596 g/mol. The maximum atomic E-state index is 13.7. The molecule has 0 fully saturated rings. The van der Waals surface area contributed by atoms with Gasteiger partial charge in [0.05, 0.1) is 38.3 Å². The van der Waals surface area contributed by atoms with Crippen LogP contribution in [0.4, 0.5) is 17.1 Å². The molecule has 1 aliphatic heterocycles. The van der Waals surface area contributed by atoms with Gasteiger partial charge < -0.3 is 24.8 Å². The summed E-state index contributed by atoms with van der Waals surface area (Å²) in [7, 11) is 4.57. The predicted molar refractivity (Wildman–Crippen MR) is 167 cm³/mol. The lowest BCUT2D eigenvalue weighted by molar-refractivity contribution is -0.120. The molecule has 2 N–H and O–H groups in total. The number of para-hydroxylation sites is 1. The summed E-state index contributed by atoms with van der Waals surface area (Å²) in [4.78, 5) is 42.4. The zero-order valence-corrected chi connectivity index (χ0v) is 24.8. The van der Waals surface area contributed by atoms with Crippen LogP contribution in [0.5, 0.6) is 17.2 Å². The molecule has 10 heteroatoms. The summed E-state index contributed by atoms with van der Waals surface area (Å²) in [6.07, 6.45) is 0. The van der Waals surface area contributed by atoms with Gasteiger partial charge in [-0.05, 0) is 73.2 Å². The monoisotopic (exact) mass is 595 g/mol. The quantitative estimate of drug-likeness (QED) is 0.207. The van der Waals surface area contributed by atoms with Crippen molar-refractivity contribution in [3.05, 3.63) is 113 Å². The van der Waals surface area contributed by atoms with Crippen LogP contribution in [-0.4, -0.2) is 39.1 Å². The van der Waals surface area contributed by atoms with E-state index in [1.54, 1.807) is 79.9 Å². The van der Waals surface area contributed by atoms with Crippen LogP contribution >= 0.6 is 11.8 Å². The van der Waals surface area contributed by atoms with Crippen LogP contribution in [0.2, 0.25) is 0 Å². The molecule has 9 nitrogen and oxygen atoms in total. The highest BCUT2D eigenvalue weighted by molar-refractivity contribution is 8.04. The van der Waals surface area contributed by atoms with Crippen molar-refractivity contribution < 1.29 is 28.6 Å². The second-order valence-corrected chi connectivity index (χ2v) is 10.5. The van der Waals surface area contributed by atoms with Gasteiger partial charge in [0.25, 0.3) is 17.7 Å². The maximum absolute atomic E-state index is 13.7. The first-order chi connectivity index (χ1) is 20.8. The second kappa shape index (κ2) is 12.7. The van der Waals surface area contributed by atoms with Gasteiger partial charge in [-0.3, -0.25) is 14.4 Å². The van der Waals surface area contributed by atoms with Crippen LogP contribution in [0.25, 0.3) is 0 Å². The van der Waals surface area contributed by atoms with Crippen LogP contribution in [0.1, 0.15) is 15.9 Å². The first-order valence-corrected chi connectivity index (χ1v) is 14.1. The molecule has 0 aromatic heterocycles. The SMILES string of the molecule is COc1ccc(C(=O)Nc2ccc(SC3=C(Nc4cc(C)ccc4OC)C(=O)N(c4ccccc4)C3=O)cc2)c(OC)c1. The van der Waals surface area contributed by atoms with E-state index in [1.807, 2.05) is 25.1 Å². The molecule has 218 valence electrons. The minimum absolute atomic E-state index is 0.145. The van der Waals surface area contributed by atoms with E-state index in [4.69, 9.17) is 14.2 Å². The molecule has 3 amide bonds. The van der Waals surface area contributed by atoms with Gasteiger partial charge in [-0.25, -0.2) is 4.90 Å². The summed E-state index contributed by atoms with van der Waals surface area (Å²) in [6.45, 7) is 1.93. The number of hydrogen-bond acceptors (Lipinski definition) is 8. The number of anilines is 3. The highest BCUT2D eigenvalue weighted by Gasteiger charge is 2.40. The Kier molecular flexibility index (Phi) is 8.68. The number of thioether (sulfide) groups is 1. The molecule has 0 atom stereocenters. The number of rotatable bonds is 10. The second-order valence-electron chi connectivity index (χ2n) is 9.46. The highest BCUT2D eigenvalue weighted by Crippen LogP contribution is 2.39. The van der Waals surface area contributed by atoms with Crippen molar-refractivity contribution in [3.8, 4) is 17.2 Å². The van der Waals surface area contributed by atoms with E-state index in [2.05, 4.69) is 10.6 Å². The number of imide groups is 1. The van der Waals surface area contributed by atoms with E-state index in [0.29, 0.717) is 44.8 Å². The normalized spacial score (nSPS) is 12.8. The molecule has 0 saturated heterocycles. The Morgan fingerprint density at radius 3 is 2.16 bits per heavy atom. The van der Waals surface area contributed by atoms with Crippen molar-refractivity contribution in [3.63, 3.8) is 0 Å². The van der Waals surface area contributed by atoms with Crippen LogP contribution < -0.4 is 29.7 Å². The third-order valence-corrected chi connectivity index (χ3v) is 7.75. The summed E-state index contributed by atoms with van der Waals surface area (Å²) in [6, 6.07) is 26.3. The average Bonchev–Trinajstić information content (AvgIpc) is 3.25.